The first kappa shape index (κ1) is 17.4. The first-order chi connectivity index (χ1) is 10.7. The monoisotopic (exact) mass is 334 g/mol. The maximum absolute atomic E-state index is 10.0. The highest BCUT2D eigenvalue weighted by molar-refractivity contribution is 7.99. The molecule has 0 aliphatic heterocycles. The van der Waals surface area contributed by atoms with Crippen molar-refractivity contribution in [3.63, 3.8) is 0 Å². The second-order valence-corrected chi connectivity index (χ2v) is 7.32. The topological polar surface area (TPSA) is 40.5 Å². The standard InChI is InChI=1S/C18H22O2S2/c19-15(13-21-17-7-3-1-4-8-17)11-12-16(20)14-22-18-9-5-2-6-10-18/h1-10,15-16,19-20H,11-14H2. The maximum atomic E-state index is 10.0. The molecule has 0 heterocycles. The van der Waals surface area contributed by atoms with Gasteiger partial charge in [0.05, 0.1) is 12.2 Å². The molecule has 2 atom stereocenters. The van der Waals surface area contributed by atoms with E-state index in [4.69, 9.17) is 0 Å². The molecule has 0 aromatic heterocycles. The second kappa shape index (κ2) is 9.95. The van der Waals surface area contributed by atoms with Gasteiger partial charge in [-0.1, -0.05) is 36.4 Å². The first-order valence-corrected chi connectivity index (χ1v) is 9.43. The molecule has 2 N–H and O–H groups in total. The van der Waals surface area contributed by atoms with Crippen LogP contribution >= 0.6 is 23.5 Å². The lowest BCUT2D eigenvalue weighted by atomic mass is 10.1. The second-order valence-electron chi connectivity index (χ2n) is 5.13. The Hall–Kier alpha value is -0.940. The van der Waals surface area contributed by atoms with Crippen molar-refractivity contribution >= 4 is 23.5 Å². The molecule has 0 aliphatic carbocycles. The summed E-state index contributed by atoms with van der Waals surface area (Å²) in [6, 6.07) is 20.1. The molecule has 2 aromatic rings. The molecule has 0 saturated carbocycles. The molecule has 0 spiro atoms. The van der Waals surface area contributed by atoms with Crippen LogP contribution in [0.1, 0.15) is 12.8 Å². The Balaban J connectivity index is 1.60. The Bertz CT molecular complexity index is 470. The van der Waals surface area contributed by atoms with Crippen LogP contribution in [0.5, 0.6) is 0 Å². The van der Waals surface area contributed by atoms with Gasteiger partial charge < -0.3 is 10.2 Å². The van der Waals surface area contributed by atoms with Gasteiger partial charge in [-0.2, -0.15) is 0 Å². The van der Waals surface area contributed by atoms with Crippen molar-refractivity contribution < 1.29 is 10.2 Å². The van der Waals surface area contributed by atoms with E-state index in [-0.39, 0.29) is 12.2 Å². The Morgan fingerprint density at radius 3 is 1.36 bits per heavy atom. The van der Waals surface area contributed by atoms with Crippen LogP contribution < -0.4 is 0 Å². The van der Waals surface area contributed by atoms with Gasteiger partial charge in [-0.25, -0.2) is 0 Å². The van der Waals surface area contributed by atoms with E-state index in [0.29, 0.717) is 24.3 Å². The Labute approximate surface area is 141 Å². The Kier molecular flexibility index (Phi) is 7.88. The lowest BCUT2D eigenvalue weighted by Crippen LogP contribution is -2.16. The van der Waals surface area contributed by atoms with Crippen molar-refractivity contribution in [1.82, 2.24) is 0 Å². The minimum atomic E-state index is -0.374. The van der Waals surface area contributed by atoms with Crippen LogP contribution in [0, 0.1) is 0 Å². The van der Waals surface area contributed by atoms with Gasteiger partial charge in [0.1, 0.15) is 0 Å². The highest BCUT2D eigenvalue weighted by atomic mass is 32.2. The number of aliphatic hydroxyl groups excluding tert-OH is 2. The van der Waals surface area contributed by atoms with Gasteiger partial charge in [0.25, 0.3) is 0 Å². The number of aliphatic hydroxyl groups is 2. The SMILES string of the molecule is OC(CCC(O)CSc1ccccc1)CSc1ccccc1. The quantitative estimate of drug-likeness (QED) is 0.678. The Morgan fingerprint density at radius 1 is 0.636 bits per heavy atom. The van der Waals surface area contributed by atoms with Crippen LogP contribution in [-0.4, -0.2) is 33.9 Å². The predicted molar refractivity (Wildman–Crippen MR) is 95.6 cm³/mol. The molecular formula is C18H22O2S2. The van der Waals surface area contributed by atoms with E-state index in [0.717, 1.165) is 0 Å². The molecule has 0 bridgehead atoms. The fraction of sp³-hybridized carbons (Fsp3) is 0.333. The molecule has 2 rings (SSSR count). The summed E-state index contributed by atoms with van der Waals surface area (Å²) in [5, 5.41) is 20.0. The van der Waals surface area contributed by atoms with Gasteiger partial charge in [-0.3, -0.25) is 0 Å². The molecule has 2 aromatic carbocycles. The van der Waals surface area contributed by atoms with Crippen LogP contribution in [0.25, 0.3) is 0 Å². The number of thioether (sulfide) groups is 2. The molecule has 2 unspecified atom stereocenters. The third-order valence-corrected chi connectivity index (χ3v) is 5.52. The van der Waals surface area contributed by atoms with E-state index in [1.54, 1.807) is 23.5 Å². The van der Waals surface area contributed by atoms with Crippen LogP contribution in [0.4, 0.5) is 0 Å². The summed E-state index contributed by atoms with van der Waals surface area (Å²) in [5.41, 5.74) is 0. The molecule has 4 heteroatoms. The van der Waals surface area contributed by atoms with E-state index in [2.05, 4.69) is 0 Å². The van der Waals surface area contributed by atoms with Gasteiger partial charge in [-0.05, 0) is 37.1 Å². The number of hydrogen-bond donors (Lipinski definition) is 2. The smallest absolute Gasteiger partial charge is 0.0635 e. The van der Waals surface area contributed by atoms with Gasteiger partial charge in [0.15, 0.2) is 0 Å². The normalized spacial score (nSPS) is 13.7. The zero-order chi connectivity index (χ0) is 15.6. The molecule has 0 fully saturated rings. The van der Waals surface area contributed by atoms with Gasteiger partial charge >= 0.3 is 0 Å². The Morgan fingerprint density at radius 2 is 1.00 bits per heavy atom. The third-order valence-electron chi connectivity index (χ3n) is 3.20. The van der Waals surface area contributed by atoms with Crippen molar-refractivity contribution in [2.24, 2.45) is 0 Å². The van der Waals surface area contributed by atoms with Crippen LogP contribution in [0.3, 0.4) is 0 Å². The van der Waals surface area contributed by atoms with E-state index >= 15 is 0 Å². The fourth-order valence-corrected chi connectivity index (χ4v) is 3.77. The summed E-state index contributed by atoms with van der Waals surface area (Å²) in [5.74, 6) is 1.34. The molecular weight excluding hydrogens is 312 g/mol. The molecule has 0 radical (unpaired) electrons. The lowest BCUT2D eigenvalue weighted by molar-refractivity contribution is 0.138. The summed E-state index contributed by atoms with van der Waals surface area (Å²) >= 11 is 3.31. The van der Waals surface area contributed by atoms with Crippen molar-refractivity contribution in [3.05, 3.63) is 60.7 Å². The van der Waals surface area contributed by atoms with E-state index in [1.807, 2.05) is 60.7 Å². The minimum Gasteiger partial charge on any atom is -0.392 e. The highest BCUT2D eigenvalue weighted by Crippen LogP contribution is 2.21. The third kappa shape index (κ3) is 6.88. The molecule has 118 valence electrons. The molecule has 0 amide bonds. The molecule has 2 nitrogen and oxygen atoms in total. The van der Waals surface area contributed by atoms with Crippen LogP contribution in [0.2, 0.25) is 0 Å². The summed E-state index contributed by atoms with van der Waals surface area (Å²) in [6.07, 6.45) is 0.523. The van der Waals surface area contributed by atoms with Crippen LogP contribution in [0.15, 0.2) is 70.5 Å². The van der Waals surface area contributed by atoms with E-state index < -0.39 is 0 Å². The van der Waals surface area contributed by atoms with Gasteiger partial charge in [0.2, 0.25) is 0 Å². The zero-order valence-corrected chi connectivity index (χ0v) is 14.1. The van der Waals surface area contributed by atoms with E-state index in [1.165, 1.54) is 9.79 Å². The van der Waals surface area contributed by atoms with Gasteiger partial charge in [0, 0.05) is 21.3 Å². The molecule has 22 heavy (non-hydrogen) atoms. The molecule has 0 aliphatic rings. The van der Waals surface area contributed by atoms with Crippen molar-refractivity contribution in [1.29, 1.82) is 0 Å². The zero-order valence-electron chi connectivity index (χ0n) is 12.5. The summed E-state index contributed by atoms with van der Waals surface area (Å²) in [7, 11) is 0. The van der Waals surface area contributed by atoms with Gasteiger partial charge in [-0.15, -0.1) is 23.5 Å². The first-order valence-electron chi connectivity index (χ1n) is 7.46. The van der Waals surface area contributed by atoms with E-state index in [9.17, 15) is 10.2 Å². The summed E-state index contributed by atoms with van der Waals surface area (Å²) < 4.78 is 0. The number of rotatable bonds is 9. The van der Waals surface area contributed by atoms with Crippen molar-refractivity contribution in [3.8, 4) is 0 Å². The minimum absolute atomic E-state index is 0.374. The largest absolute Gasteiger partial charge is 0.392 e. The fourth-order valence-electron chi connectivity index (χ4n) is 1.97. The molecule has 0 saturated heterocycles. The lowest BCUT2D eigenvalue weighted by Gasteiger charge is -2.14. The van der Waals surface area contributed by atoms with Crippen molar-refractivity contribution in [2.45, 2.75) is 34.8 Å². The predicted octanol–water partition coefficient (Wildman–Crippen LogP) is 4.07. The van der Waals surface area contributed by atoms with Crippen molar-refractivity contribution in [2.75, 3.05) is 11.5 Å². The average Bonchev–Trinajstić information content (AvgIpc) is 2.58. The number of hydrogen-bond acceptors (Lipinski definition) is 4. The van der Waals surface area contributed by atoms with Crippen LogP contribution in [-0.2, 0) is 0 Å². The number of benzene rings is 2. The summed E-state index contributed by atoms with van der Waals surface area (Å²) in [4.78, 5) is 2.34. The average molecular weight is 335 g/mol. The highest BCUT2D eigenvalue weighted by Gasteiger charge is 2.10. The summed E-state index contributed by atoms with van der Waals surface area (Å²) in [6.45, 7) is 0. The maximum Gasteiger partial charge on any atom is 0.0635 e.